The normalized spacial score (nSPS) is 14.1. The zero-order chi connectivity index (χ0) is 24.7. The average molecular weight is 491 g/mol. The van der Waals surface area contributed by atoms with Crippen molar-refractivity contribution in [3.8, 4) is 11.6 Å². The third-order valence-corrected chi connectivity index (χ3v) is 5.85. The predicted octanol–water partition coefficient (Wildman–Crippen LogP) is 6.29. The van der Waals surface area contributed by atoms with Gasteiger partial charge in [0.25, 0.3) is 5.56 Å². The number of hydrogen-bond acceptors (Lipinski definition) is 4. The molecular formula is C26H16F3N3O2S. The van der Waals surface area contributed by atoms with Crippen LogP contribution >= 0.6 is 12.2 Å². The zero-order valence-corrected chi connectivity index (χ0v) is 18.7. The quantitative estimate of drug-likeness (QED) is 0.331. The second-order valence-electron chi connectivity index (χ2n) is 7.78. The molecule has 5 rings (SSSR count). The minimum absolute atomic E-state index is 0.0398. The van der Waals surface area contributed by atoms with Crippen LogP contribution in [0.5, 0.6) is 5.88 Å². The minimum atomic E-state index is -4.59. The lowest BCUT2D eigenvalue weighted by Crippen LogP contribution is -2.17. The van der Waals surface area contributed by atoms with Gasteiger partial charge in [0.2, 0.25) is 5.88 Å². The molecule has 1 aliphatic heterocycles. The number of rotatable bonds is 3. The molecule has 2 heterocycles. The van der Waals surface area contributed by atoms with Crippen molar-refractivity contribution in [2.75, 3.05) is 0 Å². The van der Waals surface area contributed by atoms with Gasteiger partial charge >= 0.3 is 6.18 Å². The Morgan fingerprint density at radius 3 is 2.43 bits per heavy atom. The van der Waals surface area contributed by atoms with Crippen LogP contribution in [0, 0.1) is 4.77 Å². The maximum absolute atomic E-state index is 13.3. The Balaban J connectivity index is 1.73. The van der Waals surface area contributed by atoms with Crippen LogP contribution in [0.3, 0.4) is 0 Å². The fraction of sp³-hybridized carbons (Fsp3) is 0.0385. The number of benzene rings is 3. The molecule has 174 valence electrons. The summed E-state index contributed by atoms with van der Waals surface area (Å²) < 4.78 is 40.6. The third-order valence-electron chi connectivity index (χ3n) is 5.57. The summed E-state index contributed by atoms with van der Waals surface area (Å²) in [4.78, 5) is 20.0. The van der Waals surface area contributed by atoms with Crippen LogP contribution in [0.1, 0.15) is 22.3 Å². The van der Waals surface area contributed by atoms with Gasteiger partial charge in [-0.05, 0) is 42.6 Å². The first kappa shape index (κ1) is 22.5. The van der Waals surface area contributed by atoms with Crippen LogP contribution < -0.4 is 5.56 Å². The summed E-state index contributed by atoms with van der Waals surface area (Å²) >= 11 is 5.17. The van der Waals surface area contributed by atoms with Crippen molar-refractivity contribution in [1.29, 1.82) is 0 Å². The molecule has 0 atom stereocenters. The lowest BCUT2D eigenvalue weighted by atomic mass is 9.96. The fourth-order valence-electron chi connectivity index (χ4n) is 3.94. The van der Waals surface area contributed by atoms with Crippen LogP contribution in [-0.4, -0.2) is 20.4 Å². The number of aromatic nitrogens is 2. The lowest BCUT2D eigenvalue weighted by molar-refractivity contribution is -0.137. The topological polar surface area (TPSA) is 70.4 Å². The molecule has 1 aliphatic rings. The Bertz CT molecular complexity index is 1630. The van der Waals surface area contributed by atoms with Gasteiger partial charge in [-0.2, -0.15) is 13.2 Å². The molecule has 9 heteroatoms. The number of aromatic amines is 1. The maximum atomic E-state index is 13.3. The Labute approximate surface area is 202 Å². The molecule has 0 fully saturated rings. The molecule has 0 saturated heterocycles. The number of para-hydroxylation sites is 1. The Kier molecular flexibility index (Phi) is 5.49. The number of alkyl halides is 3. The van der Waals surface area contributed by atoms with E-state index in [0.29, 0.717) is 17.0 Å². The van der Waals surface area contributed by atoms with Crippen LogP contribution in [0.4, 0.5) is 18.9 Å². The van der Waals surface area contributed by atoms with Crippen LogP contribution in [-0.2, 0) is 6.18 Å². The highest BCUT2D eigenvalue weighted by molar-refractivity contribution is 7.71. The van der Waals surface area contributed by atoms with E-state index >= 15 is 0 Å². The summed E-state index contributed by atoms with van der Waals surface area (Å²) in [6.45, 7) is 0. The van der Waals surface area contributed by atoms with E-state index in [1.807, 2.05) is 54.6 Å². The monoisotopic (exact) mass is 491 g/mol. The minimum Gasteiger partial charge on any atom is -0.494 e. The summed E-state index contributed by atoms with van der Waals surface area (Å²) in [5.41, 5.74) is 1.63. The van der Waals surface area contributed by atoms with Crippen molar-refractivity contribution in [2.45, 2.75) is 6.18 Å². The van der Waals surface area contributed by atoms with Crippen LogP contribution in [0.15, 0.2) is 88.6 Å². The molecule has 0 saturated carbocycles. The predicted molar refractivity (Wildman–Crippen MR) is 131 cm³/mol. The van der Waals surface area contributed by atoms with Gasteiger partial charge in [-0.1, -0.05) is 54.6 Å². The van der Waals surface area contributed by atoms with Crippen molar-refractivity contribution in [3.05, 3.63) is 116 Å². The van der Waals surface area contributed by atoms with Gasteiger partial charge in [-0.15, -0.1) is 0 Å². The van der Waals surface area contributed by atoms with E-state index in [-0.39, 0.29) is 16.0 Å². The highest BCUT2D eigenvalue weighted by Gasteiger charge is 2.31. The highest BCUT2D eigenvalue weighted by atomic mass is 32.1. The molecule has 4 aromatic rings. The number of hydrogen-bond donors (Lipinski definition) is 2. The van der Waals surface area contributed by atoms with Crippen LogP contribution in [0.2, 0.25) is 0 Å². The van der Waals surface area contributed by atoms with Gasteiger partial charge in [-0.3, -0.25) is 14.3 Å². The lowest BCUT2D eigenvalue weighted by Gasteiger charge is -2.14. The summed E-state index contributed by atoms with van der Waals surface area (Å²) in [5, 5.41) is 11.1. The van der Waals surface area contributed by atoms with Crippen molar-refractivity contribution in [3.63, 3.8) is 0 Å². The third kappa shape index (κ3) is 4.10. The van der Waals surface area contributed by atoms with Crippen molar-refractivity contribution >= 4 is 35.3 Å². The van der Waals surface area contributed by atoms with Crippen molar-refractivity contribution in [1.82, 2.24) is 9.55 Å². The molecule has 0 unspecified atom stereocenters. The molecule has 0 radical (unpaired) electrons. The molecular weight excluding hydrogens is 475 g/mol. The van der Waals surface area contributed by atoms with E-state index in [0.717, 1.165) is 27.8 Å². The Morgan fingerprint density at radius 2 is 1.69 bits per heavy atom. The number of nitrogens with one attached hydrogen (secondary N) is 1. The average Bonchev–Trinajstić information content (AvgIpc) is 3.20. The first-order chi connectivity index (χ1) is 16.7. The van der Waals surface area contributed by atoms with E-state index < -0.39 is 23.2 Å². The standard InChI is InChI=1S/C26H16F3N3O2S/c27-26(28,29)16-9-6-10-17(13-16)32-24(34)20(23(33)31-25(32)35)14-19-18-11-4-5-12-21(18)30-22(19)15-7-2-1-3-8-15/h1-14,34H,(H,31,33,35). The molecule has 2 N–H and O–H groups in total. The smallest absolute Gasteiger partial charge is 0.416 e. The van der Waals surface area contributed by atoms with Gasteiger partial charge in [0.05, 0.1) is 22.6 Å². The van der Waals surface area contributed by atoms with Gasteiger partial charge < -0.3 is 5.11 Å². The van der Waals surface area contributed by atoms with Gasteiger partial charge in [-0.25, -0.2) is 4.99 Å². The molecule has 5 nitrogen and oxygen atoms in total. The molecule has 1 aromatic heterocycles. The van der Waals surface area contributed by atoms with Crippen molar-refractivity contribution < 1.29 is 18.3 Å². The number of halogens is 3. The molecule has 3 aromatic carbocycles. The summed E-state index contributed by atoms with van der Waals surface area (Å²) in [6.07, 6.45) is -3.11. The van der Waals surface area contributed by atoms with E-state index in [4.69, 9.17) is 17.2 Å². The number of fused-ring (bicyclic) bond motifs is 1. The number of nitrogens with zero attached hydrogens (tertiary/aromatic N) is 2. The van der Waals surface area contributed by atoms with Crippen molar-refractivity contribution in [2.24, 2.45) is 4.99 Å². The second kappa shape index (κ2) is 8.52. The van der Waals surface area contributed by atoms with E-state index in [2.05, 4.69) is 4.98 Å². The van der Waals surface area contributed by atoms with Crippen LogP contribution in [0.25, 0.3) is 17.3 Å². The molecule has 35 heavy (non-hydrogen) atoms. The molecule has 0 aliphatic carbocycles. The van der Waals surface area contributed by atoms with E-state index in [1.165, 1.54) is 18.2 Å². The summed E-state index contributed by atoms with van der Waals surface area (Å²) in [7, 11) is 0. The summed E-state index contributed by atoms with van der Waals surface area (Å²) in [6, 6.07) is 21.0. The second-order valence-corrected chi connectivity index (χ2v) is 8.17. The zero-order valence-electron chi connectivity index (χ0n) is 17.9. The maximum Gasteiger partial charge on any atom is 0.416 e. The van der Waals surface area contributed by atoms with Gasteiger partial charge in [0.15, 0.2) is 4.77 Å². The molecule has 0 amide bonds. The van der Waals surface area contributed by atoms with Gasteiger partial charge in [0.1, 0.15) is 5.56 Å². The fourth-order valence-corrected chi connectivity index (χ4v) is 4.23. The number of allylic oxidation sites excluding steroid dienone is 1. The molecule has 0 bridgehead atoms. The largest absolute Gasteiger partial charge is 0.494 e. The first-order valence-corrected chi connectivity index (χ1v) is 10.9. The van der Waals surface area contributed by atoms with E-state index in [9.17, 15) is 23.1 Å². The highest BCUT2D eigenvalue weighted by Crippen LogP contribution is 2.38. The summed E-state index contributed by atoms with van der Waals surface area (Å²) in [5.74, 6) is -0.581. The van der Waals surface area contributed by atoms with E-state index in [1.54, 1.807) is 0 Å². The number of aliphatic imine (C=N–C) groups is 1. The van der Waals surface area contributed by atoms with Gasteiger partial charge in [0, 0.05) is 16.7 Å². The first-order valence-electron chi connectivity index (χ1n) is 10.5. The number of aromatic hydroxyl groups is 1. The Hall–Kier alpha value is -4.24. The SMILES string of the molecule is O=c1[nH]c(=S)n(-c2cccc(C(F)(F)F)c2)c(O)c1C=C1C(c2ccccc2)=Nc2ccccc21. The number of H-pyrrole nitrogens is 1. The molecule has 0 spiro atoms. The Morgan fingerprint density at radius 1 is 0.971 bits per heavy atom.